The zero-order valence-electron chi connectivity index (χ0n) is 13.1. The summed E-state index contributed by atoms with van der Waals surface area (Å²) in [5.74, 6) is 0. The SMILES string of the molecule is CCNCc1sc(S(=O)(=O)N2CCCN(C)CC2)cc1C. The molecular weight excluding hydrogens is 306 g/mol. The second-order valence-electron chi connectivity index (χ2n) is 5.51. The minimum Gasteiger partial charge on any atom is -0.312 e. The summed E-state index contributed by atoms with van der Waals surface area (Å²) in [5, 5.41) is 3.26. The minimum atomic E-state index is -3.34. The van der Waals surface area contributed by atoms with Gasteiger partial charge in [0.1, 0.15) is 4.21 Å². The van der Waals surface area contributed by atoms with E-state index in [1.807, 2.05) is 27.0 Å². The molecule has 0 bridgehead atoms. The minimum absolute atomic E-state index is 0.484. The third-order valence-corrected chi connectivity index (χ3v) is 7.39. The Balaban J connectivity index is 2.18. The van der Waals surface area contributed by atoms with Gasteiger partial charge < -0.3 is 10.2 Å². The Labute approximate surface area is 132 Å². The Morgan fingerprint density at radius 2 is 2.05 bits per heavy atom. The summed E-state index contributed by atoms with van der Waals surface area (Å²) in [4.78, 5) is 3.30. The maximum Gasteiger partial charge on any atom is 0.252 e. The van der Waals surface area contributed by atoms with Crippen molar-refractivity contribution in [1.29, 1.82) is 0 Å². The van der Waals surface area contributed by atoms with Gasteiger partial charge in [0.2, 0.25) is 0 Å². The molecular formula is C14H25N3O2S2. The molecule has 7 heteroatoms. The van der Waals surface area contributed by atoms with Crippen molar-refractivity contribution in [3.63, 3.8) is 0 Å². The van der Waals surface area contributed by atoms with Gasteiger partial charge in [-0.15, -0.1) is 11.3 Å². The van der Waals surface area contributed by atoms with Crippen molar-refractivity contribution in [1.82, 2.24) is 14.5 Å². The van der Waals surface area contributed by atoms with E-state index in [4.69, 9.17) is 0 Å². The van der Waals surface area contributed by atoms with E-state index < -0.39 is 10.0 Å². The molecule has 2 rings (SSSR count). The molecule has 21 heavy (non-hydrogen) atoms. The van der Waals surface area contributed by atoms with E-state index in [0.29, 0.717) is 17.3 Å². The van der Waals surface area contributed by atoms with Crippen LogP contribution in [0.1, 0.15) is 23.8 Å². The van der Waals surface area contributed by atoms with Gasteiger partial charge in [-0.05, 0) is 45.1 Å². The first kappa shape index (κ1) is 16.9. The zero-order chi connectivity index (χ0) is 15.5. The van der Waals surface area contributed by atoms with Crippen LogP contribution in [-0.2, 0) is 16.6 Å². The molecule has 0 spiro atoms. The second-order valence-corrected chi connectivity index (χ2v) is 8.81. The fourth-order valence-electron chi connectivity index (χ4n) is 2.42. The van der Waals surface area contributed by atoms with Gasteiger partial charge in [0, 0.05) is 31.1 Å². The number of nitrogens with zero attached hydrogens (tertiary/aromatic N) is 2. The highest BCUT2D eigenvalue weighted by Crippen LogP contribution is 2.29. The Morgan fingerprint density at radius 3 is 2.76 bits per heavy atom. The number of aryl methyl sites for hydroxylation is 1. The van der Waals surface area contributed by atoms with Crippen LogP contribution in [0.3, 0.4) is 0 Å². The molecule has 0 amide bonds. The number of likely N-dealkylation sites (N-methyl/N-ethyl adjacent to an activating group) is 1. The molecule has 1 aromatic heterocycles. The number of hydrogen-bond acceptors (Lipinski definition) is 5. The lowest BCUT2D eigenvalue weighted by molar-refractivity contribution is 0.347. The van der Waals surface area contributed by atoms with Crippen molar-refractivity contribution < 1.29 is 8.42 Å². The van der Waals surface area contributed by atoms with E-state index in [9.17, 15) is 8.42 Å². The van der Waals surface area contributed by atoms with Crippen molar-refractivity contribution in [3.8, 4) is 0 Å². The molecule has 0 radical (unpaired) electrons. The van der Waals surface area contributed by atoms with Gasteiger partial charge in [0.05, 0.1) is 0 Å². The van der Waals surface area contributed by atoms with Crippen molar-refractivity contribution >= 4 is 21.4 Å². The summed E-state index contributed by atoms with van der Waals surface area (Å²) in [5.41, 5.74) is 1.06. The van der Waals surface area contributed by atoms with E-state index in [1.54, 1.807) is 4.31 Å². The first-order chi connectivity index (χ1) is 9.95. The van der Waals surface area contributed by atoms with Gasteiger partial charge in [-0.3, -0.25) is 0 Å². The van der Waals surface area contributed by atoms with Crippen LogP contribution in [0.5, 0.6) is 0 Å². The van der Waals surface area contributed by atoms with Crippen molar-refractivity contribution in [2.45, 2.75) is 31.0 Å². The first-order valence-corrected chi connectivity index (χ1v) is 9.69. The highest BCUT2D eigenvalue weighted by molar-refractivity contribution is 7.91. The van der Waals surface area contributed by atoms with Gasteiger partial charge >= 0.3 is 0 Å². The maximum absolute atomic E-state index is 12.8. The molecule has 1 aromatic rings. The Morgan fingerprint density at radius 1 is 1.29 bits per heavy atom. The molecule has 0 saturated carbocycles. The van der Waals surface area contributed by atoms with Crippen LogP contribution < -0.4 is 5.32 Å². The summed E-state index contributed by atoms with van der Waals surface area (Å²) in [6.07, 6.45) is 0.893. The van der Waals surface area contributed by atoms with E-state index in [-0.39, 0.29) is 0 Å². The van der Waals surface area contributed by atoms with E-state index in [1.165, 1.54) is 11.3 Å². The van der Waals surface area contributed by atoms with Gasteiger partial charge in [-0.2, -0.15) is 4.31 Å². The van der Waals surface area contributed by atoms with Crippen molar-refractivity contribution in [2.24, 2.45) is 0 Å². The Hall–Kier alpha value is -0.470. The number of rotatable bonds is 5. The van der Waals surface area contributed by atoms with E-state index in [0.717, 1.165) is 43.0 Å². The summed E-state index contributed by atoms with van der Waals surface area (Å²) < 4.78 is 27.7. The van der Waals surface area contributed by atoms with Crippen LogP contribution in [0.2, 0.25) is 0 Å². The standard InChI is InChI=1S/C14H25N3O2S2/c1-4-15-11-13-12(2)10-14(20-13)21(18,19)17-7-5-6-16(3)8-9-17/h10,15H,4-9,11H2,1-3H3. The van der Waals surface area contributed by atoms with Crippen molar-refractivity contribution in [3.05, 3.63) is 16.5 Å². The topological polar surface area (TPSA) is 52.7 Å². The number of nitrogens with one attached hydrogen (secondary N) is 1. The Bertz CT molecular complexity index is 569. The largest absolute Gasteiger partial charge is 0.312 e. The molecule has 0 atom stereocenters. The number of hydrogen-bond donors (Lipinski definition) is 1. The highest BCUT2D eigenvalue weighted by atomic mass is 32.2. The van der Waals surface area contributed by atoms with Crippen LogP contribution in [0.15, 0.2) is 10.3 Å². The zero-order valence-corrected chi connectivity index (χ0v) is 14.7. The van der Waals surface area contributed by atoms with Gasteiger partial charge in [-0.1, -0.05) is 6.92 Å². The van der Waals surface area contributed by atoms with Crippen LogP contribution in [0.4, 0.5) is 0 Å². The van der Waals surface area contributed by atoms with Crippen molar-refractivity contribution in [2.75, 3.05) is 39.8 Å². The molecule has 0 aliphatic carbocycles. The summed E-state index contributed by atoms with van der Waals surface area (Å²) >= 11 is 1.40. The average molecular weight is 332 g/mol. The monoisotopic (exact) mass is 331 g/mol. The molecule has 1 N–H and O–H groups in total. The number of sulfonamides is 1. The summed E-state index contributed by atoms with van der Waals surface area (Å²) in [7, 11) is -1.30. The van der Waals surface area contributed by atoms with Gasteiger partial charge in [0.25, 0.3) is 10.0 Å². The van der Waals surface area contributed by atoms with Crippen LogP contribution in [0.25, 0.3) is 0 Å². The van der Waals surface area contributed by atoms with Gasteiger partial charge in [0.15, 0.2) is 0 Å². The summed E-state index contributed by atoms with van der Waals surface area (Å²) in [6.45, 7) is 8.62. The van der Waals surface area contributed by atoms with E-state index >= 15 is 0 Å². The Kier molecular flexibility index (Phi) is 5.79. The molecule has 1 fully saturated rings. The lowest BCUT2D eigenvalue weighted by Crippen LogP contribution is -2.34. The smallest absolute Gasteiger partial charge is 0.252 e. The summed E-state index contributed by atoms with van der Waals surface area (Å²) in [6, 6.07) is 1.82. The fourth-order valence-corrected chi connectivity index (χ4v) is 5.60. The molecule has 1 saturated heterocycles. The predicted molar refractivity (Wildman–Crippen MR) is 87.3 cm³/mol. The normalized spacial score (nSPS) is 18.8. The van der Waals surface area contributed by atoms with Crippen LogP contribution in [0, 0.1) is 6.92 Å². The molecule has 120 valence electrons. The van der Waals surface area contributed by atoms with Crippen LogP contribution in [-0.4, -0.2) is 57.4 Å². The van der Waals surface area contributed by atoms with E-state index in [2.05, 4.69) is 10.2 Å². The predicted octanol–water partition coefficient (Wildman–Crippen LogP) is 1.49. The average Bonchev–Trinajstić information content (AvgIpc) is 2.66. The maximum atomic E-state index is 12.8. The highest BCUT2D eigenvalue weighted by Gasteiger charge is 2.28. The third kappa shape index (κ3) is 4.04. The third-order valence-electron chi connectivity index (χ3n) is 3.81. The van der Waals surface area contributed by atoms with Gasteiger partial charge in [-0.25, -0.2) is 8.42 Å². The quantitative estimate of drug-likeness (QED) is 0.888. The van der Waals surface area contributed by atoms with Crippen LogP contribution >= 0.6 is 11.3 Å². The lowest BCUT2D eigenvalue weighted by atomic mass is 10.3. The second kappa shape index (κ2) is 7.19. The lowest BCUT2D eigenvalue weighted by Gasteiger charge is -2.19. The molecule has 2 heterocycles. The molecule has 1 aliphatic rings. The molecule has 5 nitrogen and oxygen atoms in total. The molecule has 0 unspecified atom stereocenters. The molecule has 0 aromatic carbocycles. The molecule has 1 aliphatic heterocycles. The fraction of sp³-hybridized carbons (Fsp3) is 0.714. The number of thiophene rings is 1. The first-order valence-electron chi connectivity index (χ1n) is 7.44.